The molecule has 1 aromatic heterocycles. The summed E-state index contributed by atoms with van der Waals surface area (Å²) in [5.41, 5.74) is 3.78. The molecule has 0 atom stereocenters. The van der Waals surface area contributed by atoms with Crippen LogP contribution in [0.25, 0.3) is 10.8 Å². The number of hydroxylamine groups is 1. The van der Waals surface area contributed by atoms with Crippen LogP contribution in [-0.2, 0) is 16.1 Å². The molecule has 2 aliphatic rings. The average molecular weight is 550 g/mol. The van der Waals surface area contributed by atoms with Crippen LogP contribution < -0.4 is 5.48 Å². The Morgan fingerprint density at radius 3 is 2.33 bits per heavy atom. The lowest BCUT2D eigenvalue weighted by molar-refractivity contribution is -0.151. The second-order valence-corrected chi connectivity index (χ2v) is 13.5. The Morgan fingerprint density at radius 1 is 1.00 bits per heavy atom. The molecule has 2 aliphatic carbocycles. The molecule has 0 saturated heterocycles. The highest BCUT2D eigenvalue weighted by molar-refractivity contribution is 6.01. The number of hydrogen-bond acceptors (Lipinski definition) is 5. The third-order valence-electron chi connectivity index (χ3n) is 8.12. The molecule has 1 N–H and O–H groups in total. The van der Waals surface area contributed by atoms with Crippen LogP contribution in [0.4, 0.5) is 0 Å². The maximum absolute atomic E-state index is 13.9. The number of nitrogens with one attached hydrogen (secondary N) is 1. The number of fused-ring (bicyclic) bond motifs is 1. The van der Waals surface area contributed by atoms with E-state index in [-0.39, 0.29) is 23.4 Å². The molecule has 4 rings (SSSR count). The number of aromatic nitrogens is 1. The van der Waals surface area contributed by atoms with Crippen molar-refractivity contribution in [2.75, 3.05) is 6.54 Å². The van der Waals surface area contributed by atoms with Crippen molar-refractivity contribution in [1.29, 1.82) is 0 Å². The Bertz CT molecular complexity index is 1200. The van der Waals surface area contributed by atoms with Crippen molar-refractivity contribution < 1.29 is 19.2 Å². The molecule has 0 radical (unpaired) electrons. The Kier molecular flexibility index (Phi) is 9.85. The summed E-state index contributed by atoms with van der Waals surface area (Å²) in [7, 11) is 0. The van der Waals surface area contributed by atoms with Gasteiger partial charge in [0.1, 0.15) is 5.69 Å². The number of benzene rings is 1. The van der Waals surface area contributed by atoms with Crippen LogP contribution in [0, 0.1) is 17.3 Å². The van der Waals surface area contributed by atoms with E-state index in [2.05, 4.69) is 24.2 Å². The van der Waals surface area contributed by atoms with E-state index in [4.69, 9.17) is 9.82 Å². The van der Waals surface area contributed by atoms with Gasteiger partial charge in [-0.25, -0.2) is 9.78 Å². The predicted octanol–water partition coefficient (Wildman–Crippen LogP) is 7.02. The fraction of sp³-hybridized carbons (Fsp3) is 0.636. The molecule has 2 fully saturated rings. The SMILES string of the molecule is CC(C)CN(C(=O)c1ccc2cc(C(=O)NOC(=O)CC(C)(C)C)nc(CC3CCCC3)c2c1)C1CCCCC1. The van der Waals surface area contributed by atoms with Crippen molar-refractivity contribution in [3.05, 3.63) is 41.2 Å². The van der Waals surface area contributed by atoms with Crippen LogP contribution in [0.3, 0.4) is 0 Å². The van der Waals surface area contributed by atoms with E-state index in [0.29, 0.717) is 23.4 Å². The minimum Gasteiger partial charge on any atom is -0.340 e. The lowest BCUT2D eigenvalue weighted by Crippen LogP contribution is -2.43. The number of pyridine rings is 1. The van der Waals surface area contributed by atoms with Crippen LogP contribution in [0.5, 0.6) is 0 Å². The molecule has 2 saturated carbocycles. The van der Waals surface area contributed by atoms with Gasteiger partial charge >= 0.3 is 11.9 Å². The molecular formula is C33H47N3O4. The van der Waals surface area contributed by atoms with Gasteiger partial charge in [0.15, 0.2) is 0 Å². The van der Waals surface area contributed by atoms with E-state index >= 15 is 0 Å². The van der Waals surface area contributed by atoms with Crippen LogP contribution in [0.15, 0.2) is 24.3 Å². The highest BCUT2D eigenvalue weighted by atomic mass is 16.7. The van der Waals surface area contributed by atoms with E-state index < -0.39 is 11.9 Å². The summed E-state index contributed by atoms with van der Waals surface area (Å²) in [6.07, 6.45) is 11.4. The van der Waals surface area contributed by atoms with Gasteiger partial charge in [-0.3, -0.25) is 9.59 Å². The number of amides is 2. The highest BCUT2D eigenvalue weighted by Crippen LogP contribution is 2.32. The molecule has 2 amide bonds. The first-order valence-corrected chi connectivity index (χ1v) is 15.2. The molecule has 0 unspecified atom stereocenters. The fourth-order valence-corrected chi connectivity index (χ4v) is 6.18. The third-order valence-corrected chi connectivity index (χ3v) is 8.12. The Morgan fingerprint density at radius 2 is 1.68 bits per heavy atom. The average Bonchev–Trinajstić information content (AvgIpc) is 3.42. The summed E-state index contributed by atoms with van der Waals surface area (Å²) >= 11 is 0. The van der Waals surface area contributed by atoms with E-state index in [1.807, 2.05) is 39.0 Å². The minimum atomic E-state index is -0.544. The van der Waals surface area contributed by atoms with E-state index in [1.54, 1.807) is 6.07 Å². The molecule has 7 nitrogen and oxygen atoms in total. The van der Waals surface area contributed by atoms with Crippen molar-refractivity contribution in [2.24, 2.45) is 17.3 Å². The van der Waals surface area contributed by atoms with Crippen molar-refractivity contribution in [2.45, 2.75) is 111 Å². The molecular weight excluding hydrogens is 502 g/mol. The number of carbonyl (C=O) groups excluding carboxylic acids is 3. The number of carbonyl (C=O) groups is 3. The molecule has 2 aromatic rings. The summed E-state index contributed by atoms with van der Waals surface area (Å²) < 4.78 is 0. The van der Waals surface area contributed by atoms with Crippen LogP contribution in [-0.4, -0.2) is 40.3 Å². The lowest BCUT2D eigenvalue weighted by atomic mass is 9.92. The van der Waals surface area contributed by atoms with Gasteiger partial charge in [0, 0.05) is 29.2 Å². The predicted molar refractivity (Wildman–Crippen MR) is 158 cm³/mol. The molecule has 40 heavy (non-hydrogen) atoms. The zero-order chi connectivity index (χ0) is 28.9. The van der Waals surface area contributed by atoms with Crippen LogP contribution in [0.1, 0.15) is 125 Å². The van der Waals surface area contributed by atoms with Crippen LogP contribution >= 0.6 is 0 Å². The normalized spacial score (nSPS) is 16.9. The molecule has 7 heteroatoms. The van der Waals surface area contributed by atoms with Gasteiger partial charge in [0.25, 0.3) is 5.91 Å². The zero-order valence-corrected chi connectivity index (χ0v) is 25.1. The number of nitrogens with zero attached hydrogens (tertiary/aromatic N) is 2. The van der Waals surface area contributed by atoms with E-state index in [1.165, 1.54) is 32.1 Å². The molecule has 1 aromatic carbocycles. The number of hydrogen-bond donors (Lipinski definition) is 1. The first-order chi connectivity index (χ1) is 19.0. The summed E-state index contributed by atoms with van der Waals surface area (Å²) in [6, 6.07) is 7.81. The molecule has 0 bridgehead atoms. The van der Waals surface area contributed by atoms with E-state index in [0.717, 1.165) is 55.1 Å². The smallest absolute Gasteiger partial charge is 0.332 e. The standard InChI is InChI=1S/C33H47N3O4/c1-22(2)21-36(26-13-7-6-8-14-26)32(39)25-16-15-24-19-29(31(38)35-40-30(37)20-33(3,4)5)34-28(27(24)18-25)17-23-11-9-10-12-23/h15-16,18-19,22-23,26H,6-14,17,20-21H2,1-5H3,(H,35,38). The maximum atomic E-state index is 13.9. The third kappa shape index (κ3) is 8.05. The summed E-state index contributed by atoms with van der Waals surface area (Å²) in [6.45, 7) is 10.9. The zero-order valence-electron chi connectivity index (χ0n) is 25.1. The molecule has 218 valence electrons. The van der Waals surface area contributed by atoms with Crippen LogP contribution in [0.2, 0.25) is 0 Å². The van der Waals surface area contributed by atoms with Gasteiger partial charge < -0.3 is 9.74 Å². The van der Waals surface area contributed by atoms with Crippen molar-refractivity contribution in [3.63, 3.8) is 0 Å². The van der Waals surface area contributed by atoms with Crippen molar-refractivity contribution >= 4 is 28.6 Å². The van der Waals surface area contributed by atoms with Crippen molar-refractivity contribution in [3.8, 4) is 0 Å². The number of rotatable bonds is 8. The molecule has 0 aliphatic heterocycles. The summed E-state index contributed by atoms with van der Waals surface area (Å²) in [5, 5.41) is 1.78. The summed E-state index contributed by atoms with van der Waals surface area (Å²) in [5.74, 6) is -0.0404. The molecule has 1 heterocycles. The van der Waals surface area contributed by atoms with E-state index in [9.17, 15) is 14.4 Å². The minimum absolute atomic E-state index is 0.0851. The quantitative estimate of drug-likeness (QED) is 0.357. The lowest BCUT2D eigenvalue weighted by Gasteiger charge is -2.35. The second kappa shape index (κ2) is 13.1. The highest BCUT2D eigenvalue weighted by Gasteiger charge is 2.28. The van der Waals surface area contributed by atoms with Crippen molar-refractivity contribution in [1.82, 2.24) is 15.4 Å². The van der Waals surface area contributed by atoms with Gasteiger partial charge in [0.05, 0.1) is 6.42 Å². The second-order valence-electron chi connectivity index (χ2n) is 13.5. The summed E-state index contributed by atoms with van der Waals surface area (Å²) in [4.78, 5) is 51.0. The Hall–Kier alpha value is -2.96. The Balaban J connectivity index is 1.63. The maximum Gasteiger partial charge on any atom is 0.332 e. The van der Waals surface area contributed by atoms with Gasteiger partial charge in [0.2, 0.25) is 0 Å². The van der Waals surface area contributed by atoms with Gasteiger partial charge in [-0.1, -0.05) is 85.6 Å². The molecule has 0 spiro atoms. The van der Waals surface area contributed by atoms with Gasteiger partial charge in [-0.05, 0) is 60.1 Å². The Labute approximate surface area is 239 Å². The fourth-order valence-electron chi connectivity index (χ4n) is 6.18. The monoisotopic (exact) mass is 549 g/mol. The van der Waals surface area contributed by atoms with Gasteiger partial charge in [-0.2, -0.15) is 5.48 Å². The van der Waals surface area contributed by atoms with Gasteiger partial charge in [-0.15, -0.1) is 0 Å². The first-order valence-electron chi connectivity index (χ1n) is 15.2. The largest absolute Gasteiger partial charge is 0.340 e. The topological polar surface area (TPSA) is 88.6 Å². The first kappa shape index (κ1) is 30.0.